The zero-order valence-electron chi connectivity index (χ0n) is 7.32. The summed E-state index contributed by atoms with van der Waals surface area (Å²) in [4.78, 5) is 0. The van der Waals surface area contributed by atoms with Gasteiger partial charge in [0.2, 0.25) is 0 Å². The summed E-state index contributed by atoms with van der Waals surface area (Å²) in [7, 11) is 0. The molecule has 1 aromatic rings. The molecule has 1 rings (SSSR count). The Morgan fingerprint density at radius 1 is 1.67 bits per heavy atom. The molecule has 0 fully saturated rings. The largest absolute Gasteiger partial charge is 0.395 e. The quantitative estimate of drug-likeness (QED) is 0.609. The number of nitrogens with zero attached hydrogens (tertiary/aromatic N) is 2. The van der Waals surface area contributed by atoms with E-state index in [1.807, 2.05) is 16.9 Å². The van der Waals surface area contributed by atoms with Crippen molar-refractivity contribution in [2.45, 2.75) is 20.0 Å². The number of aliphatic hydroxyl groups is 1. The molecule has 0 amide bonds. The van der Waals surface area contributed by atoms with Crippen molar-refractivity contribution in [3.63, 3.8) is 0 Å². The highest BCUT2D eigenvalue weighted by molar-refractivity contribution is 4.98. The van der Waals surface area contributed by atoms with Crippen LogP contribution in [0.4, 0.5) is 0 Å². The van der Waals surface area contributed by atoms with E-state index in [0.29, 0.717) is 6.54 Å². The van der Waals surface area contributed by atoms with E-state index >= 15 is 0 Å². The predicted molar refractivity (Wildman–Crippen MR) is 46.7 cm³/mol. The molecule has 2 N–H and O–H groups in total. The Balaban J connectivity index is 2.31. The average Bonchev–Trinajstić information content (AvgIpc) is 2.53. The minimum absolute atomic E-state index is 0.175. The Kier molecular flexibility index (Phi) is 3.76. The highest BCUT2D eigenvalue weighted by Crippen LogP contribution is 1.94. The van der Waals surface area contributed by atoms with E-state index in [1.165, 1.54) is 0 Å². The highest BCUT2D eigenvalue weighted by Gasteiger charge is 1.95. The van der Waals surface area contributed by atoms with Crippen LogP contribution >= 0.6 is 0 Å². The Bertz CT molecular complexity index is 222. The minimum Gasteiger partial charge on any atom is -0.395 e. The van der Waals surface area contributed by atoms with Gasteiger partial charge in [0.1, 0.15) is 0 Å². The first-order chi connectivity index (χ1) is 5.86. The van der Waals surface area contributed by atoms with Gasteiger partial charge in [-0.25, -0.2) is 0 Å². The average molecular weight is 169 g/mol. The second kappa shape index (κ2) is 4.90. The Labute approximate surface area is 72.2 Å². The molecule has 0 atom stereocenters. The second-order valence-electron chi connectivity index (χ2n) is 2.56. The third-order valence-electron chi connectivity index (χ3n) is 1.61. The van der Waals surface area contributed by atoms with Gasteiger partial charge in [0.25, 0.3) is 0 Å². The lowest BCUT2D eigenvalue weighted by Crippen LogP contribution is -2.17. The summed E-state index contributed by atoms with van der Waals surface area (Å²) in [5.74, 6) is 0. The molecule has 0 saturated heterocycles. The fourth-order valence-corrected chi connectivity index (χ4v) is 0.970. The number of nitrogens with one attached hydrogen (secondary N) is 1. The molecular formula is C8H15N3O. The van der Waals surface area contributed by atoms with Crippen LogP contribution in [0.5, 0.6) is 0 Å². The first-order valence-electron chi connectivity index (χ1n) is 4.20. The van der Waals surface area contributed by atoms with E-state index in [0.717, 1.165) is 18.8 Å². The van der Waals surface area contributed by atoms with Gasteiger partial charge in [-0.3, -0.25) is 4.68 Å². The van der Waals surface area contributed by atoms with Crippen LogP contribution in [-0.4, -0.2) is 28.0 Å². The molecule has 0 aliphatic rings. The number of hydrogen-bond donors (Lipinski definition) is 2. The molecule has 4 heteroatoms. The molecule has 0 aliphatic carbocycles. The minimum atomic E-state index is 0.175. The van der Waals surface area contributed by atoms with Crippen LogP contribution < -0.4 is 5.32 Å². The van der Waals surface area contributed by atoms with Gasteiger partial charge in [-0.1, -0.05) is 0 Å². The lowest BCUT2D eigenvalue weighted by Gasteiger charge is -1.98. The fraction of sp³-hybridized carbons (Fsp3) is 0.625. The fourth-order valence-electron chi connectivity index (χ4n) is 0.970. The van der Waals surface area contributed by atoms with Crippen LogP contribution in [0.25, 0.3) is 0 Å². The van der Waals surface area contributed by atoms with Crippen molar-refractivity contribution in [3.05, 3.63) is 18.0 Å². The Morgan fingerprint density at radius 3 is 3.08 bits per heavy atom. The molecule has 0 unspecified atom stereocenters. The molecule has 0 aromatic carbocycles. The van der Waals surface area contributed by atoms with Gasteiger partial charge >= 0.3 is 0 Å². The lowest BCUT2D eigenvalue weighted by atomic mass is 10.4. The van der Waals surface area contributed by atoms with Gasteiger partial charge in [0.05, 0.1) is 12.3 Å². The van der Waals surface area contributed by atoms with Crippen molar-refractivity contribution in [3.8, 4) is 0 Å². The van der Waals surface area contributed by atoms with E-state index < -0.39 is 0 Å². The number of hydrogen-bond acceptors (Lipinski definition) is 3. The zero-order valence-corrected chi connectivity index (χ0v) is 7.32. The summed E-state index contributed by atoms with van der Waals surface area (Å²) in [6, 6.07) is 1.98. The zero-order chi connectivity index (χ0) is 8.81. The lowest BCUT2D eigenvalue weighted by molar-refractivity contribution is 0.291. The van der Waals surface area contributed by atoms with Crippen molar-refractivity contribution in [2.24, 2.45) is 0 Å². The summed E-state index contributed by atoms with van der Waals surface area (Å²) in [5.41, 5.74) is 1.02. The van der Waals surface area contributed by atoms with Crippen LogP contribution in [0.15, 0.2) is 12.3 Å². The monoisotopic (exact) mass is 169 g/mol. The Hall–Kier alpha value is -0.870. The van der Waals surface area contributed by atoms with E-state index in [4.69, 9.17) is 5.11 Å². The van der Waals surface area contributed by atoms with Crippen molar-refractivity contribution in [1.29, 1.82) is 0 Å². The van der Waals surface area contributed by atoms with Gasteiger partial charge < -0.3 is 10.4 Å². The van der Waals surface area contributed by atoms with Gasteiger partial charge in [-0.2, -0.15) is 5.10 Å². The van der Waals surface area contributed by atoms with Gasteiger partial charge in [0, 0.05) is 25.8 Å². The van der Waals surface area contributed by atoms with Crippen molar-refractivity contribution >= 4 is 0 Å². The molecule has 1 heterocycles. The molecule has 0 spiro atoms. The molecule has 1 aromatic heterocycles. The summed E-state index contributed by atoms with van der Waals surface area (Å²) >= 11 is 0. The predicted octanol–water partition coefficient (Wildman–Crippen LogP) is -0.0151. The summed E-state index contributed by atoms with van der Waals surface area (Å²) in [6.07, 6.45) is 1.95. The SMILES string of the molecule is CCn1ccc(CNCCO)n1. The van der Waals surface area contributed by atoms with E-state index in [-0.39, 0.29) is 6.61 Å². The molecule has 4 nitrogen and oxygen atoms in total. The standard InChI is InChI=1S/C8H15N3O/c1-2-11-5-3-8(10-11)7-9-4-6-12/h3,5,9,12H,2,4,6-7H2,1H3. The van der Waals surface area contributed by atoms with E-state index in [1.54, 1.807) is 0 Å². The number of aliphatic hydroxyl groups excluding tert-OH is 1. The summed E-state index contributed by atoms with van der Waals surface area (Å²) in [6.45, 7) is 4.49. The van der Waals surface area contributed by atoms with Crippen LogP contribution in [0.3, 0.4) is 0 Å². The summed E-state index contributed by atoms with van der Waals surface area (Å²) in [5, 5.41) is 15.8. The van der Waals surface area contributed by atoms with E-state index in [9.17, 15) is 0 Å². The third-order valence-corrected chi connectivity index (χ3v) is 1.61. The smallest absolute Gasteiger partial charge is 0.0762 e. The summed E-state index contributed by atoms with van der Waals surface area (Å²) < 4.78 is 1.88. The topological polar surface area (TPSA) is 50.1 Å². The van der Waals surface area contributed by atoms with Gasteiger partial charge in [-0.15, -0.1) is 0 Å². The van der Waals surface area contributed by atoms with Gasteiger partial charge in [-0.05, 0) is 13.0 Å². The normalized spacial score (nSPS) is 10.5. The van der Waals surface area contributed by atoms with Crippen LogP contribution in [0.1, 0.15) is 12.6 Å². The maximum Gasteiger partial charge on any atom is 0.0762 e. The second-order valence-corrected chi connectivity index (χ2v) is 2.56. The Morgan fingerprint density at radius 2 is 2.50 bits per heavy atom. The first kappa shape index (κ1) is 9.22. The van der Waals surface area contributed by atoms with Crippen LogP contribution in [-0.2, 0) is 13.1 Å². The molecule has 0 bridgehead atoms. The molecule has 68 valence electrons. The van der Waals surface area contributed by atoms with Crippen molar-refractivity contribution in [1.82, 2.24) is 15.1 Å². The molecule has 0 aliphatic heterocycles. The number of rotatable bonds is 5. The highest BCUT2D eigenvalue weighted by atomic mass is 16.3. The van der Waals surface area contributed by atoms with E-state index in [2.05, 4.69) is 17.3 Å². The molecule has 0 radical (unpaired) electrons. The van der Waals surface area contributed by atoms with Gasteiger partial charge in [0.15, 0.2) is 0 Å². The van der Waals surface area contributed by atoms with Crippen molar-refractivity contribution < 1.29 is 5.11 Å². The number of aryl methyl sites for hydroxylation is 1. The van der Waals surface area contributed by atoms with Crippen LogP contribution in [0.2, 0.25) is 0 Å². The number of aromatic nitrogens is 2. The van der Waals surface area contributed by atoms with Crippen LogP contribution in [0, 0.1) is 0 Å². The first-order valence-corrected chi connectivity index (χ1v) is 4.20. The molecule has 12 heavy (non-hydrogen) atoms. The maximum absolute atomic E-state index is 8.51. The maximum atomic E-state index is 8.51. The van der Waals surface area contributed by atoms with Crippen molar-refractivity contribution in [2.75, 3.05) is 13.2 Å². The molecule has 0 saturated carbocycles. The third kappa shape index (κ3) is 2.64. The molecular weight excluding hydrogens is 154 g/mol.